The highest BCUT2D eigenvalue weighted by atomic mass is 79.9. The van der Waals surface area contributed by atoms with Gasteiger partial charge in [-0.15, -0.1) is 0 Å². The summed E-state index contributed by atoms with van der Waals surface area (Å²) in [6, 6.07) is 16.4. The number of methoxy groups -OCH3 is 1. The van der Waals surface area contributed by atoms with E-state index in [2.05, 4.69) is 57.5 Å². The molecule has 1 aromatic heterocycles. The predicted molar refractivity (Wildman–Crippen MR) is 148 cm³/mol. The number of hydrogen-bond acceptors (Lipinski definition) is 5. The number of carbonyl (C=O) groups is 1. The van der Waals surface area contributed by atoms with Crippen LogP contribution in [0.25, 0.3) is 22.6 Å². The van der Waals surface area contributed by atoms with Crippen molar-refractivity contribution in [3.63, 3.8) is 0 Å². The Hall–Kier alpha value is -2.94. The molecule has 0 radical (unpaired) electrons. The maximum absolute atomic E-state index is 12.6. The third-order valence-electron chi connectivity index (χ3n) is 5.70. The molecule has 1 heterocycles. The van der Waals surface area contributed by atoms with Crippen LogP contribution in [0.2, 0.25) is 5.02 Å². The Morgan fingerprint density at radius 3 is 2.71 bits per heavy atom. The number of aromatic nitrogens is 1. The van der Waals surface area contributed by atoms with Crippen LogP contribution in [-0.2, 0) is 0 Å². The van der Waals surface area contributed by atoms with Crippen LogP contribution in [0.15, 0.2) is 63.5 Å². The van der Waals surface area contributed by atoms with Crippen molar-refractivity contribution in [2.24, 2.45) is 0 Å². The number of anilines is 1. The zero-order chi connectivity index (χ0) is 25.1. The highest BCUT2D eigenvalue weighted by Gasteiger charge is 2.15. The molecule has 180 valence electrons. The Morgan fingerprint density at radius 1 is 1.20 bits per heavy atom. The molecule has 0 aliphatic rings. The van der Waals surface area contributed by atoms with Crippen molar-refractivity contribution in [1.29, 1.82) is 0 Å². The molecule has 2 N–H and O–H groups in total. The third-order valence-corrected chi connectivity index (χ3v) is 6.85. The third kappa shape index (κ3) is 5.66. The van der Waals surface area contributed by atoms with Crippen molar-refractivity contribution >= 4 is 67.6 Å². The minimum atomic E-state index is -0.366. The summed E-state index contributed by atoms with van der Waals surface area (Å²) >= 11 is 15.1. The van der Waals surface area contributed by atoms with Gasteiger partial charge in [-0.2, -0.15) is 0 Å². The lowest BCUT2D eigenvalue weighted by molar-refractivity contribution is 0.0977. The van der Waals surface area contributed by atoms with Gasteiger partial charge in [-0.1, -0.05) is 31.5 Å². The van der Waals surface area contributed by atoms with E-state index in [-0.39, 0.29) is 11.0 Å². The number of nitrogens with one attached hydrogen (secondary N) is 2. The van der Waals surface area contributed by atoms with E-state index in [0.29, 0.717) is 43.9 Å². The molecular formula is C26H23BrClN3O3S. The summed E-state index contributed by atoms with van der Waals surface area (Å²) in [6.07, 6.45) is 1.05. The summed E-state index contributed by atoms with van der Waals surface area (Å²) in [6.45, 7) is 4.35. The van der Waals surface area contributed by atoms with E-state index in [1.165, 1.54) is 5.56 Å². The predicted octanol–water partition coefficient (Wildman–Crippen LogP) is 7.56. The number of hydrogen-bond donors (Lipinski definition) is 2. The Kier molecular flexibility index (Phi) is 7.74. The van der Waals surface area contributed by atoms with Crippen molar-refractivity contribution in [2.45, 2.75) is 26.2 Å². The van der Waals surface area contributed by atoms with Crippen LogP contribution >= 0.6 is 39.7 Å². The van der Waals surface area contributed by atoms with E-state index in [1.54, 1.807) is 37.4 Å². The number of amides is 1. The second kappa shape index (κ2) is 10.8. The van der Waals surface area contributed by atoms with Crippen molar-refractivity contribution in [1.82, 2.24) is 10.3 Å². The first-order valence-corrected chi connectivity index (χ1v) is 12.5. The van der Waals surface area contributed by atoms with Crippen LogP contribution < -0.4 is 15.4 Å². The van der Waals surface area contributed by atoms with Crippen molar-refractivity contribution < 1.29 is 13.9 Å². The molecule has 0 bridgehead atoms. The van der Waals surface area contributed by atoms with Crippen LogP contribution in [0, 0.1) is 0 Å². The van der Waals surface area contributed by atoms with Crippen LogP contribution in [0.3, 0.4) is 0 Å². The van der Waals surface area contributed by atoms with Crippen LogP contribution in [0.4, 0.5) is 5.69 Å². The summed E-state index contributed by atoms with van der Waals surface area (Å²) < 4.78 is 11.8. The van der Waals surface area contributed by atoms with Crippen molar-refractivity contribution in [2.75, 3.05) is 12.4 Å². The van der Waals surface area contributed by atoms with Gasteiger partial charge in [0.05, 0.1) is 22.3 Å². The van der Waals surface area contributed by atoms with Crippen LogP contribution in [0.1, 0.15) is 42.1 Å². The monoisotopic (exact) mass is 571 g/mol. The molecule has 0 fully saturated rings. The number of benzene rings is 3. The first-order chi connectivity index (χ1) is 16.8. The lowest BCUT2D eigenvalue weighted by atomic mass is 9.98. The highest BCUT2D eigenvalue weighted by Crippen LogP contribution is 2.32. The topological polar surface area (TPSA) is 76.4 Å². The molecule has 35 heavy (non-hydrogen) atoms. The average Bonchev–Trinajstić information content (AvgIpc) is 3.28. The summed E-state index contributed by atoms with van der Waals surface area (Å²) in [5.74, 6) is 1.18. The molecule has 0 saturated carbocycles. The number of carbonyl (C=O) groups excluding carboxylic acids is 1. The van der Waals surface area contributed by atoms with Gasteiger partial charge in [0.15, 0.2) is 10.7 Å². The Bertz CT molecular complexity index is 1420. The minimum absolute atomic E-state index is 0.108. The van der Waals surface area contributed by atoms with E-state index < -0.39 is 0 Å². The second-order valence-corrected chi connectivity index (χ2v) is 9.68. The van der Waals surface area contributed by atoms with Gasteiger partial charge in [0.1, 0.15) is 11.3 Å². The van der Waals surface area contributed by atoms with Gasteiger partial charge in [0, 0.05) is 11.1 Å². The van der Waals surface area contributed by atoms with Gasteiger partial charge in [-0.05, 0) is 94.6 Å². The molecule has 1 atom stereocenters. The second-order valence-electron chi connectivity index (χ2n) is 8.01. The number of rotatable bonds is 6. The Balaban J connectivity index is 1.52. The zero-order valence-corrected chi connectivity index (χ0v) is 22.5. The molecule has 4 rings (SSSR count). The van der Waals surface area contributed by atoms with Gasteiger partial charge in [0.25, 0.3) is 5.91 Å². The number of ether oxygens (including phenoxy) is 1. The van der Waals surface area contributed by atoms with E-state index >= 15 is 0 Å². The van der Waals surface area contributed by atoms with Gasteiger partial charge in [-0.3, -0.25) is 10.1 Å². The highest BCUT2D eigenvalue weighted by molar-refractivity contribution is 9.10. The zero-order valence-electron chi connectivity index (χ0n) is 19.3. The SMILES string of the molecule is CCC(C)c1ccc2oc(-c3ccc(Cl)c(NC(=S)NC(=O)c4ccc(OC)c(Br)c4)c3)nc2c1. The van der Waals surface area contributed by atoms with Gasteiger partial charge < -0.3 is 14.5 Å². The Morgan fingerprint density at radius 2 is 2.00 bits per heavy atom. The molecule has 0 aliphatic carbocycles. The normalized spacial score (nSPS) is 11.8. The Labute approximate surface area is 222 Å². The fourth-order valence-electron chi connectivity index (χ4n) is 3.50. The van der Waals surface area contributed by atoms with Crippen LogP contribution in [-0.4, -0.2) is 23.1 Å². The summed E-state index contributed by atoms with van der Waals surface area (Å²) in [4.78, 5) is 17.3. The van der Waals surface area contributed by atoms with E-state index in [0.717, 1.165) is 17.5 Å². The van der Waals surface area contributed by atoms with Gasteiger partial charge in [0.2, 0.25) is 5.89 Å². The summed E-state index contributed by atoms with van der Waals surface area (Å²) in [5.41, 5.74) is 4.41. The van der Waals surface area contributed by atoms with Gasteiger partial charge >= 0.3 is 0 Å². The maximum atomic E-state index is 12.6. The lowest BCUT2D eigenvalue weighted by Crippen LogP contribution is -2.34. The first-order valence-electron chi connectivity index (χ1n) is 10.9. The average molecular weight is 573 g/mol. The molecule has 1 amide bonds. The first kappa shape index (κ1) is 25.2. The van der Waals surface area contributed by atoms with E-state index in [4.69, 9.17) is 33.0 Å². The molecular weight excluding hydrogens is 550 g/mol. The number of oxazole rings is 1. The quantitative estimate of drug-likeness (QED) is 0.232. The fraction of sp³-hybridized carbons (Fsp3) is 0.192. The fourth-order valence-corrected chi connectivity index (χ4v) is 4.41. The molecule has 1 unspecified atom stereocenters. The molecule has 0 spiro atoms. The molecule has 4 aromatic rings. The molecule has 0 aliphatic heterocycles. The maximum Gasteiger partial charge on any atom is 0.257 e. The smallest absolute Gasteiger partial charge is 0.257 e. The number of thiocarbonyl (C=S) groups is 1. The molecule has 0 saturated heterocycles. The van der Waals surface area contributed by atoms with E-state index in [1.807, 2.05) is 12.1 Å². The number of halogens is 2. The lowest BCUT2D eigenvalue weighted by Gasteiger charge is -2.12. The molecule has 6 nitrogen and oxygen atoms in total. The largest absolute Gasteiger partial charge is 0.496 e. The van der Waals surface area contributed by atoms with E-state index in [9.17, 15) is 4.79 Å². The standard InChI is InChI=1S/C26H23BrClN3O3S/c1-4-14(2)15-6-10-23-21(12-15)29-25(34-23)17-5-8-19(28)20(13-17)30-26(35)31-24(32)16-7-9-22(33-3)18(27)11-16/h5-14H,4H2,1-3H3,(H2,30,31,32,35). The summed E-state index contributed by atoms with van der Waals surface area (Å²) in [7, 11) is 1.56. The molecule has 9 heteroatoms. The summed E-state index contributed by atoms with van der Waals surface area (Å²) in [5, 5.41) is 6.19. The number of nitrogens with zero attached hydrogens (tertiary/aromatic N) is 1. The minimum Gasteiger partial charge on any atom is -0.496 e. The van der Waals surface area contributed by atoms with Crippen molar-refractivity contribution in [3.05, 3.63) is 75.2 Å². The van der Waals surface area contributed by atoms with Gasteiger partial charge in [-0.25, -0.2) is 4.98 Å². The number of fused-ring (bicyclic) bond motifs is 1. The van der Waals surface area contributed by atoms with Crippen molar-refractivity contribution in [3.8, 4) is 17.2 Å². The van der Waals surface area contributed by atoms with Crippen LogP contribution in [0.5, 0.6) is 5.75 Å². The molecule has 3 aromatic carbocycles.